The van der Waals surface area contributed by atoms with Crippen LogP contribution in [0.2, 0.25) is 0 Å². The second-order valence-electron chi connectivity index (χ2n) is 3.37. The van der Waals surface area contributed by atoms with E-state index in [-0.39, 0.29) is 18.4 Å². The summed E-state index contributed by atoms with van der Waals surface area (Å²) in [7, 11) is 0. The van der Waals surface area contributed by atoms with Crippen LogP contribution in [0, 0.1) is 11.3 Å². The first kappa shape index (κ1) is 12.7. The van der Waals surface area contributed by atoms with Crippen molar-refractivity contribution in [2.24, 2.45) is 0 Å². The summed E-state index contributed by atoms with van der Waals surface area (Å²) < 4.78 is 0. The first-order valence-electron chi connectivity index (χ1n) is 5.22. The zero-order chi connectivity index (χ0) is 12.7. The van der Waals surface area contributed by atoms with Gasteiger partial charge in [-0.2, -0.15) is 5.26 Å². The molecule has 0 radical (unpaired) electrons. The van der Waals surface area contributed by atoms with Crippen molar-refractivity contribution in [3.63, 3.8) is 0 Å². The summed E-state index contributed by atoms with van der Waals surface area (Å²) in [5.74, 6) is -0.493. The third-order valence-electron chi connectivity index (χ3n) is 2.04. The van der Waals surface area contributed by atoms with E-state index < -0.39 is 0 Å². The van der Waals surface area contributed by atoms with Crippen molar-refractivity contribution in [2.45, 2.75) is 13.3 Å². The number of hydrogen-bond acceptors (Lipinski definition) is 3. The second-order valence-corrected chi connectivity index (χ2v) is 3.37. The summed E-state index contributed by atoms with van der Waals surface area (Å²) in [5, 5.41) is 13.7. The van der Waals surface area contributed by atoms with Crippen LogP contribution in [0.15, 0.2) is 24.3 Å². The molecule has 0 aromatic heterocycles. The largest absolute Gasteiger partial charge is 0.347 e. The van der Waals surface area contributed by atoms with E-state index in [9.17, 15) is 9.59 Å². The monoisotopic (exact) mass is 231 g/mol. The van der Waals surface area contributed by atoms with Crippen LogP contribution in [0.5, 0.6) is 0 Å². The number of nitrogens with zero attached hydrogens (tertiary/aromatic N) is 1. The molecule has 0 saturated heterocycles. The van der Waals surface area contributed by atoms with E-state index in [1.165, 1.54) is 0 Å². The van der Waals surface area contributed by atoms with Gasteiger partial charge >= 0.3 is 0 Å². The molecule has 1 rings (SSSR count). The van der Waals surface area contributed by atoms with Gasteiger partial charge in [0.05, 0.1) is 18.2 Å². The highest BCUT2D eigenvalue weighted by Gasteiger charge is 2.04. The molecule has 2 N–H and O–H groups in total. The third-order valence-corrected chi connectivity index (χ3v) is 2.04. The molecule has 0 atom stereocenters. The van der Waals surface area contributed by atoms with Gasteiger partial charge in [0, 0.05) is 12.1 Å². The van der Waals surface area contributed by atoms with Crippen LogP contribution in [0.25, 0.3) is 0 Å². The van der Waals surface area contributed by atoms with E-state index in [4.69, 9.17) is 5.26 Å². The Hall–Kier alpha value is -2.35. The number of nitriles is 1. The highest BCUT2D eigenvalue weighted by molar-refractivity contribution is 5.94. The zero-order valence-electron chi connectivity index (χ0n) is 9.49. The van der Waals surface area contributed by atoms with Crippen LogP contribution in [0.4, 0.5) is 5.69 Å². The summed E-state index contributed by atoms with van der Waals surface area (Å²) in [6.45, 7) is 1.65. The predicted molar refractivity (Wildman–Crippen MR) is 63.1 cm³/mol. The van der Waals surface area contributed by atoms with Gasteiger partial charge in [0.25, 0.3) is 0 Å². The lowest BCUT2D eigenvalue weighted by atomic mass is 10.2. The second kappa shape index (κ2) is 6.28. The van der Waals surface area contributed by atoms with Gasteiger partial charge in [0.2, 0.25) is 11.8 Å². The van der Waals surface area contributed by atoms with Crippen molar-refractivity contribution in [2.75, 3.05) is 11.9 Å². The van der Waals surface area contributed by atoms with Crippen LogP contribution < -0.4 is 10.6 Å². The molecule has 0 unspecified atom stereocenters. The lowest BCUT2D eigenvalue weighted by Gasteiger charge is -2.06. The Balaban J connectivity index is 2.51. The summed E-state index contributed by atoms with van der Waals surface area (Å²) in [6, 6.07) is 8.56. The van der Waals surface area contributed by atoms with Crippen molar-refractivity contribution in [1.82, 2.24) is 5.32 Å². The van der Waals surface area contributed by atoms with Crippen molar-refractivity contribution in [3.8, 4) is 6.07 Å². The molecule has 5 heteroatoms. The molecule has 1 aromatic carbocycles. The van der Waals surface area contributed by atoms with Crippen molar-refractivity contribution in [3.05, 3.63) is 29.8 Å². The number of rotatable bonds is 4. The minimum absolute atomic E-state index is 0.0660. The Bertz CT molecular complexity index is 463. The van der Waals surface area contributed by atoms with Crippen molar-refractivity contribution >= 4 is 17.5 Å². The smallest absolute Gasteiger partial charge is 0.243 e. The van der Waals surface area contributed by atoms with Gasteiger partial charge in [-0.1, -0.05) is 13.0 Å². The molecule has 0 aliphatic rings. The summed E-state index contributed by atoms with van der Waals surface area (Å²) in [4.78, 5) is 22.4. The first-order chi connectivity index (χ1) is 8.15. The summed E-state index contributed by atoms with van der Waals surface area (Å²) in [6.07, 6.45) is 0.344. The van der Waals surface area contributed by atoms with Crippen LogP contribution >= 0.6 is 0 Å². The fourth-order valence-corrected chi connectivity index (χ4v) is 1.18. The van der Waals surface area contributed by atoms with Crippen molar-refractivity contribution in [1.29, 1.82) is 5.26 Å². The van der Waals surface area contributed by atoms with Crippen LogP contribution in [-0.4, -0.2) is 18.4 Å². The fraction of sp³-hybridized carbons (Fsp3) is 0.250. The molecule has 0 spiro atoms. The molecule has 1 aromatic rings. The van der Waals surface area contributed by atoms with Crippen LogP contribution in [-0.2, 0) is 9.59 Å². The SMILES string of the molecule is CCC(=O)NCC(=O)Nc1cccc(C#N)c1. The Kier molecular flexibility index (Phi) is 4.70. The Labute approximate surface area is 99.4 Å². The number of hydrogen-bond donors (Lipinski definition) is 2. The molecular weight excluding hydrogens is 218 g/mol. The quantitative estimate of drug-likeness (QED) is 0.811. The summed E-state index contributed by atoms with van der Waals surface area (Å²) in [5.41, 5.74) is 1.01. The van der Waals surface area contributed by atoms with Gasteiger partial charge in [-0.3, -0.25) is 9.59 Å². The number of nitrogens with one attached hydrogen (secondary N) is 2. The number of carbonyl (C=O) groups excluding carboxylic acids is 2. The van der Waals surface area contributed by atoms with E-state index in [1.54, 1.807) is 31.2 Å². The standard InChI is InChI=1S/C12H13N3O2/c1-2-11(16)14-8-12(17)15-10-5-3-4-9(6-10)7-13/h3-6H,2,8H2,1H3,(H,14,16)(H,15,17). The Morgan fingerprint density at radius 1 is 1.35 bits per heavy atom. The molecule has 0 aliphatic carbocycles. The lowest BCUT2D eigenvalue weighted by Crippen LogP contribution is -2.32. The van der Waals surface area contributed by atoms with Crippen LogP contribution in [0.3, 0.4) is 0 Å². The van der Waals surface area contributed by atoms with Gasteiger partial charge in [-0.25, -0.2) is 0 Å². The van der Waals surface area contributed by atoms with E-state index in [1.807, 2.05) is 6.07 Å². The van der Waals surface area contributed by atoms with Crippen LogP contribution in [0.1, 0.15) is 18.9 Å². The molecule has 17 heavy (non-hydrogen) atoms. The Morgan fingerprint density at radius 2 is 2.12 bits per heavy atom. The molecule has 5 nitrogen and oxygen atoms in total. The van der Waals surface area contributed by atoms with E-state index in [2.05, 4.69) is 10.6 Å². The first-order valence-corrected chi connectivity index (χ1v) is 5.22. The normalized spacial score (nSPS) is 9.18. The molecule has 0 bridgehead atoms. The average molecular weight is 231 g/mol. The van der Waals surface area contributed by atoms with Gasteiger partial charge in [-0.05, 0) is 18.2 Å². The topological polar surface area (TPSA) is 82.0 Å². The number of benzene rings is 1. The average Bonchev–Trinajstić information content (AvgIpc) is 2.36. The van der Waals surface area contributed by atoms with Gasteiger partial charge in [0.1, 0.15) is 0 Å². The highest BCUT2D eigenvalue weighted by Crippen LogP contribution is 2.09. The maximum Gasteiger partial charge on any atom is 0.243 e. The molecule has 0 aliphatic heterocycles. The van der Waals surface area contributed by atoms with Crippen molar-refractivity contribution < 1.29 is 9.59 Å². The zero-order valence-corrected chi connectivity index (χ0v) is 9.49. The van der Waals surface area contributed by atoms with Gasteiger partial charge in [-0.15, -0.1) is 0 Å². The maximum atomic E-state index is 11.4. The fourth-order valence-electron chi connectivity index (χ4n) is 1.18. The minimum atomic E-state index is -0.318. The Morgan fingerprint density at radius 3 is 2.76 bits per heavy atom. The van der Waals surface area contributed by atoms with E-state index in [0.29, 0.717) is 17.7 Å². The van der Waals surface area contributed by atoms with Gasteiger partial charge < -0.3 is 10.6 Å². The third kappa shape index (κ3) is 4.34. The molecule has 0 saturated carbocycles. The molecule has 0 heterocycles. The lowest BCUT2D eigenvalue weighted by molar-refractivity contribution is -0.123. The van der Waals surface area contributed by atoms with E-state index >= 15 is 0 Å². The maximum absolute atomic E-state index is 11.4. The number of amides is 2. The highest BCUT2D eigenvalue weighted by atomic mass is 16.2. The molecule has 0 fully saturated rings. The summed E-state index contributed by atoms with van der Waals surface area (Å²) >= 11 is 0. The minimum Gasteiger partial charge on any atom is -0.347 e. The van der Waals surface area contributed by atoms with E-state index in [0.717, 1.165) is 0 Å². The molecule has 2 amide bonds. The molecular formula is C12H13N3O2. The van der Waals surface area contributed by atoms with Gasteiger partial charge in [0.15, 0.2) is 0 Å². The number of carbonyl (C=O) groups is 2. The number of anilines is 1. The molecule has 88 valence electrons. The predicted octanol–water partition coefficient (Wildman–Crippen LogP) is 1.02.